The molecule has 1 saturated heterocycles. The number of allylic oxidation sites excluding steroid dienone is 2. The Hall–Kier alpha value is -1.28. The molecule has 1 aromatic heterocycles. The predicted molar refractivity (Wildman–Crippen MR) is 127 cm³/mol. The van der Waals surface area contributed by atoms with Crippen LogP contribution >= 0.6 is 34.7 Å². The summed E-state index contributed by atoms with van der Waals surface area (Å²) in [5, 5.41) is 0. The first-order chi connectivity index (χ1) is 15.0. The number of halogens is 1. The predicted octanol–water partition coefficient (Wildman–Crippen LogP) is 6.05. The summed E-state index contributed by atoms with van der Waals surface area (Å²) in [7, 11) is 0. The van der Waals surface area contributed by atoms with Gasteiger partial charge in [0, 0.05) is 24.1 Å². The van der Waals surface area contributed by atoms with Gasteiger partial charge < -0.3 is 4.74 Å². The van der Waals surface area contributed by atoms with E-state index < -0.39 is 0 Å². The topological polar surface area (TPSA) is 64.6 Å². The van der Waals surface area contributed by atoms with Gasteiger partial charge in [-0.15, -0.1) is 11.3 Å². The highest BCUT2D eigenvalue weighted by Crippen LogP contribution is 2.39. The van der Waals surface area contributed by atoms with Crippen molar-refractivity contribution >= 4 is 46.5 Å². The molecule has 0 amide bonds. The number of ketones is 1. The molecule has 0 aromatic carbocycles. The van der Waals surface area contributed by atoms with Crippen LogP contribution in [0.25, 0.3) is 0 Å². The highest BCUT2D eigenvalue weighted by Gasteiger charge is 2.36. The summed E-state index contributed by atoms with van der Waals surface area (Å²) in [5.41, 5.74) is 3.47. The van der Waals surface area contributed by atoms with Gasteiger partial charge in [0.15, 0.2) is 5.78 Å². The molecule has 1 aliphatic carbocycles. The molecule has 0 spiro atoms. The lowest BCUT2D eigenvalue weighted by molar-refractivity contribution is -0.140. The van der Waals surface area contributed by atoms with Crippen LogP contribution in [0.1, 0.15) is 56.7 Å². The Morgan fingerprint density at radius 3 is 2.84 bits per heavy atom. The Morgan fingerprint density at radius 2 is 2.16 bits per heavy atom. The Balaban J connectivity index is 1.70. The largest absolute Gasteiger partial charge is 0.430 e. The minimum absolute atomic E-state index is 0.0367. The molecule has 1 N–H and O–H groups in total. The third kappa shape index (κ3) is 7.11. The standard InChI is InChI=1S/C23H30ClNO4S2/c1-3-4-7-22(27)29-20-12-17(16-6-5-10-30-14-16)11-19(26)23(20)15(2)25-28-13-18-8-9-21(24)31-18/h8-9,16-17,25H,2-7,10-14H2,1H3. The van der Waals surface area contributed by atoms with Crippen LogP contribution in [-0.4, -0.2) is 23.3 Å². The number of hydroxylamine groups is 1. The molecule has 1 aromatic rings. The fraction of sp³-hybridized carbons (Fsp3) is 0.565. The van der Waals surface area contributed by atoms with Gasteiger partial charge in [0.1, 0.15) is 12.4 Å². The van der Waals surface area contributed by atoms with Crippen molar-refractivity contribution in [3.63, 3.8) is 0 Å². The van der Waals surface area contributed by atoms with Crippen molar-refractivity contribution in [2.24, 2.45) is 11.8 Å². The Kier molecular flexibility index (Phi) is 9.50. The Bertz CT molecular complexity index is 829. The maximum atomic E-state index is 13.1. The molecule has 1 aliphatic heterocycles. The summed E-state index contributed by atoms with van der Waals surface area (Å²) >= 11 is 9.32. The number of hydrogen-bond acceptors (Lipinski definition) is 7. The summed E-state index contributed by atoms with van der Waals surface area (Å²) in [6.07, 6.45) is 5.38. The fourth-order valence-electron chi connectivity index (χ4n) is 3.99. The monoisotopic (exact) mass is 483 g/mol. The van der Waals surface area contributed by atoms with E-state index in [0.29, 0.717) is 53.2 Å². The quantitative estimate of drug-likeness (QED) is 0.323. The van der Waals surface area contributed by atoms with Gasteiger partial charge in [0.2, 0.25) is 0 Å². The first-order valence-corrected chi connectivity index (χ1v) is 13.2. The molecule has 170 valence electrons. The van der Waals surface area contributed by atoms with Crippen LogP contribution in [-0.2, 0) is 25.8 Å². The molecule has 2 heterocycles. The number of esters is 1. The van der Waals surface area contributed by atoms with Crippen LogP contribution in [0.3, 0.4) is 0 Å². The molecule has 8 heteroatoms. The van der Waals surface area contributed by atoms with Gasteiger partial charge in [-0.2, -0.15) is 11.8 Å². The number of carbonyl (C=O) groups excluding carboxylic acids is 2. The van der Waals surface area contributed by atoms with Crippen molar-refractivity contribution in [1.82, 2.24) is 5.48 Å². The van der Waals surface area contributed by atoms with Gasteiger partial charge in [0.05, 0.1) is 15.6 Å². The van der Waals surface area contributed by atoms with E-state index in [1.165, 1.54) is 23.5 Å². The molecule has 5 nitrogen and oxygen atoms in total. The number of ether oxygens (including phenoxy) is 1. The minimum atomic E-state index is -0.289. The van der Waals surface area contributed by atoms with Gasteiger partial charge >= 0.3 is 5.97 Å². The van der Waals surface area contributed by atoms with Crippen molar-refractivity contribution in [2.45, 2.75) is 58.5 Å². The Labute approximate surface area is 197 Å². The maximum absolute atomic E-state index is 13.1. The third-order valence-electron chi connectivity index (χ3n) is 5.63. The molecular weight excluding hydrogens is 454 g/mol. The second kappa shape index (κ2) is 12.1. The van der Waals surface area contributed by atoms with Crippen molar-refractivity contribution < 1.29 is 19.2 Å². The highest BCUT2D eigenvalue weighted by atomic mass is 35.5. The molecule has 0 saturated carbocycles. The van der Waals surface area contributed by atoms with E-state index >= 15 is 0 Å². The lowest BCUT2D eigenvalue weighted by atomic mass is 9.77. The zero-order valence-corrected chi connectivity index (χ0v) is 20.3. The first-order valence-electron chi connectivity index (χ1n) is 10.8. The summed E-state index contributed by atoms with van der Waals surface area (Å²) in [5.74, 6) is 3.06. The van der Waals surface area contributed by atoms with Crippen molar-refractivity contribution in [1.29, 1.82) is 0 Å². The second-order valence-electron chi connectivity index (χ2n) is 8.02. The molecule has 2 atom stereocenters. The van der Waals surface area contributed by atoms with Gasteiger partial charge in [-0.1, -0.05) is 31.5 Å². The van der Waals surface area contributed by atoms with E-state index in [0.717, 1.165) is 29.9 Å². The van der Waals surface area contributed by atoms with Crippen LogP contribution in [0.15, 0.2) is 35.7 Å². The maximum Gasteiger partial charge on any atom is 0.310 e. The Morgan fingerprint density at radius 1 is 1.32 bits per heavy atom. The molecule has 2 aliphatic rings. The molecule has 31 heavy (non-hydrogen) atoms. The zero-order valence-electron chi connectivity index (χ0n) is 17.9. The average molecular weight is 484 g/mol. The number of thiophene rings is 1. The van der Waals surface area contributed by atoms with Crippen molar-refractivity contribution in [3.8, 4) is 0 Å². The SMILES string of the molecule is C=C(NOCc1ccc(Cl)s1)C1=C(OC(=O)CCCC)CC(C2CCCSC2)CC1=O. The average Bonchev–Trinajstić information content (AvgIpc) is 3.17. The van der Waals surface area contributed by atoms with Gasteiger partial charge in [-0.05, 0) is 54.7 Å². The zero-order chi connectivity index (χ0) is 22.2. The second-order valence-corrected chi connectivity index (χ2v) is 11.0. The van der Waals surface area contributed by atoms with Crippen LogP contribution in [0.5, 0.6) is 0 Å². The van der Waals surface area contributed by atoms with Crippen molar-refractivity contribution in [3.05, 3.63) is 45.0 Å². The van der Waals surface area contributed by atoms with E-state index in [4.69, 9.17) is 21.2 Å². The number of rotatable bonds is 10. The van der Waals surface area contributed by atoms with Gasteiger partial charge in [0.25, 0.3) is 0 Å². The lowest BCUT2D eigenvalue weighted by Crippen LogP contribution is -2.32. The van der Waals surface area contributed by atoms with Crippen LogP contribution in [0.2, 0.25) is 4.34 Å². The highest BCUT2D eigenvalue weighted by molar-refractivity contribution is 7.99. The molecule has 3 rings (SSSR count). The fourth-order valence-corrected chi connectivity index (χ4v) is 6.27. The van der Waals surface area contributed by atoms with Gasteiger partial charge in [-0.3, -0.25) is 19.9 Å². The van der Waals surface area contributed by atoms with Gasteiger partial charge in [-0.25, -0.2) is 0 Å². The third-order valence-corrected chi connectivity index (χ3v) is 8.07. The van der Waals surface area contributed by atoms with E-state index in [2.05, 4.69) is 12.1 Å². The minimum Gasteiger partial charge on any atom is -0.430 e. The summed E-state index contributed by atoms with van der Waals surface area (Å²) in [6.45, 7) is 6.32. The number of nitrogens with one attached hydrogen (secondary N) is 1. The lowest BCUT2D eigenvalue weighted by Gasteiger charge is -2.34. The van der Waals surface area contributed by atoms with E-state index in [9.17, 15) is 9.59 Å². The smallest absolute Gasteiger partial charge is 0.310 e. The summed E-state index contributed by atoms with van der Waals surface area (Å²) < 4.78 is 6.42. The van der Waals surface area contributed by atoms with Crippen LogP contribution in [0, 0.1) is 11.8 Å². The van der Waals surface area contributed by atoms with Crippen LogP contribution in [0.4, 0.5) is 0 Å². The number of unbranched alkanes of at least 4 members (excludes halogenated alkanes) is 1. The number of Topliss-reactive ketones (excluding diaryl/α,β-unsaturated/α-hetero) is 1. The number of carbonyl (C=O) groups is 2. The molecule has 1 fully saturated rings. The van der Waals surface area contributed by atoms with Crippen LogP contribution < -0.4 is 5.48 Å². The first kappa shape index (κ1) is 24.4. The normalized spacial score (nSPS) is 21.8. The molecule has 0 bridgehead atoms. The molecule has 2 unspecified atom stereocenters. The van der Waals surface area contributed by atoms with E-state index in [-0.39, 0.29) is 17.7 Å². The summed E-state index contributed by atoms with van der Waals surface area (Å²) in [4.78, 5) is 32.0. The van der Waals surface area contributed by atoms with Crippen molar-refractivity contribution in [2.75, 3.05) is 11.5 Å². The number of thioether (sulfide) groups is 1. The molecular formula is C23H30ClNO4S2. The summed E-state index contributed by atoms with van der Waals surface area (Å²) in [6, 6.07) is 3.70. The molecule has 0 radical (unpaired) electrons. The number of hydrogen-bond donors (Lipinski definition) is 1. The van der Waals surface area contributed by atoms with E-state index in [1.807, 2.05) is 30.8 Å². The van der Waals surface area contributed by atoms with E-state index in [1.54, 1.807) is 0 Å².